The van der Waals surface area contributed by atoms with Crippen LogP contribution in [-0.2, 0) is 9.47 Å². The van der Waals surface area contributed by atoms with Gasteiger partial charge in [0.05, 0.1) is 0 Å². The summed E-state index contributed by atoms with van der Waals surface area (Å²) in [6.07, 6.45) is 3.92. The van der Waals surface area contributed by atoms with Gasteiger partial charge in [0.25, 0.3) is 0 Å². The molecule has 0 bridgehead atoms. The molecule has 0 unspecified atom stereocenters. The highest BCUT2D eigenvalue weighted by molar-refractivity contribution is 5.85. The van der Waals surface area contributed by atoms with E-state index < -0.39 is 0 Å². The maximum absolute atomic E-state index is 5.28. The molecule has 1 aliphatic rings. The number of methoxy groups -OCH3 is 2. The van der Waals surface area contributed by atoms with Crippen LogP contribution in [0.25, 0.3) is 0 Å². The molecule has 74 valence electrons. The Labute approximate surface area is 80.4 Å². The van der Waals surface area contributed by atoms with Gasteiger partial charge in [-0.1, -0.05) is 0 Å². The maximum Gasteiger partial charge on any atom is 0.111 e. The van der Waals surface area contributed by atoms with E-state index in [0.29, 0.717) is 0 Å². The summed E-state index contributed by atoms with van der Waals surface area (Å²) in [4.78, 5) is 2.14. The molecule has 1 aliphatic heterocycles. The summed E-state index contributed by atoms with van der Waals surface area (Å²) in [5, 5.41) is 0. The zero-order valence-electron chi connectivity index (χ0n) is 7.95. The van der Waals surface area contributed by atoms with Crippen molar-refractivity contribution in [2.45, 2.75) is 31.7 Å². The second-order valence-electron chi connectivity index (χ2n) is 2.98. The van der Waals surface area contributed by atoms with Crippen LogP contribution in [0.5, 0.6) is 0 Å². The van der Waals surface area contributed by atoms with Crippen LogP contribution in [0.1, 0.15) is 19.3 Å². The first-order valence-corrected chi connectivity index (χ1v) is 4.07. The van der Waals surface area contributed by atoms with Gasteiger partial charge < -0.3 is 9.47 Å². The molecule has 3 nitrogen and oxygen atoms in total. The summed E-state index contributed by atoms with van der Waals surface area (Å²) in [6.45, 7) is 0. The highest BCUT2D eigenvalue weighted by atomic mass is 35.5. The van der Waals surface area contributed by atoms with Gasteiger partial charge in [0.15, 0.2) is 0 Å². The van der Waals surface area contributed by atoms with Gasteiger partial charge in [-0.05, 0) is 26.3 Å². The molecule has 0 saturated carbocycles. The predicted molar refractivity (Wildman–Crippen MR) is 50.5 cm³/mol. The first kappa shape index (κ1) is 12.2. The van der Waals surface area contributed by atoms with Crippen molar-refractivity contribution in [3.05, 3.63) is 0 Å². The van der Waals surface area contributed by atoms with Crippen LogP contribution >= 0.6 is 12.4 Å². The summed E-state index contributed by atoms with van der Waals surface area (Å²) in [5.74, 6) is 0. The fraction of sp³-hybridized carbons (Fsp3) is 1.00. The summed E-state index contributed by atoms with van der Waals surface area (Å²) >= 11 is 0. The smallest absolute Gasteiger partial charge is 0.111 e. The average molecular weight is 196 g/mol. The van der Waals surface area contributed by atoms with E-state index in [9.17, 15) is 0 Å². The first-order chi connectivity index (χ1) is 5.29. The topological polar surface area (TPSA) is 21.7 Å². The maximum atomic E-state index is 5.28. The summed E-state index contributed by atoms with van der Waals surface area (Å²) in [7, 11) is 5.54. The molecular weight excluding hydrogens is 178 g/mol. The Hall–Kier alpha value is 0.170. The second kappa shape index (κ2) is 5.75. The van der Waals surface area contributed by atoms with E-state index in [1.165, 1.54) is 6.42 Å². The highest BCUT2D eigenvalue weighted by Gasteiger charge is 2.26. The van der Waals surface area contributed by atoms with E-state index >= 15 is 0 Å². The van der Waals surface area contributed by atoms with E-state index in [-0.39, 0.29) is 24.9 Å². The van der Waals surface area contributed by atoms with Crippen LogP contribution in [0.4, 0.5) is 0 Å². The molecule has 0 aliphatic carbocycles. The molecule has 0 spiro atoms. The predicted octanol–water partition coefficient (Wildman–Crippen LogP) is 1.47. The number of hydrogen-bond acceptors (Lipinski definition) is 3. The third-order valence-corrected chi connectivity index (χ3v) is 2.35. The lowest BCUT2D eigenvalue weighted by Crippen LogP contribution is -2.45. The molecule has 2 atom stereocenters. The standard InChI is InChI=1S/C8H17NO2.ClH/c1-9-7(10-2)5-4-6-8(9)11-3;/h7-8H,4-6H2,1-3H3;1H/t7-,8+;. The number of piperidine rings is 1. The van der Waals surface area contributed by atoms with E-state index in [1.54, 1.807) is 14.2 Å². The number of halogens is 1. The van der Waals surface area contributed by atoms with E-state index in [1.807, 2.05) is 7.05 Å². The Morgan fingerprint density at radius 2 is 1.50 bits per heavy atom. The third kappa shape index (κ3) is 2.59. The zero-order chi connectivity index (χ0) is 8.27. The van der Waals surface area contributed by atoms with Gasteiger partial charge in [0.2, 0.25) is 0 Å². The first-order valence-electron chi connectivity index (χ1n) is 4.07. The molecule has 1 heterocycles. The largest absolute Gasteiger partial charge is 0.366 e. The Kier molecular flexibility index (Phi) is 5.84. The van der Waals surface area contributed by atoms with E-state index in [0.717, 1.165) is 12.8 Å². The summed E-state index contributed by atoms with van der Waals surface area (Å²) < 4.78 is 10.6. The van der Waals surface area contributed by atoms with Crippen LogP contribution in [0.15, 0.2) is 0 Å². The lowest BCUT2D eigenvalue weighted by atomic mass is 10.1. The van der Waals surface area contributed by atoms with Gasteiger partial charge in [-0.25, -0.2) is 0 Å². The molecule has 0 N–H and O–H groups in total. The average Bonchev–Trinajstić information content (AvgIpc) is 2.05. The molecule has 12 heavy (non-hydrogen) atoms. The summed E-state index contributed by atoms with van der Waals surface area (Å²) in [5.41, 5.74) is 0. The summed E-state index contributed by atoms with van der Waals surface area (Å²) in [6, 6.07) is 0. The van der Waals surface area contributed by atoms with Crippen molar-refractivity contribution in [2.75, 3.05) is 21.3 Å². The van der Waals surface area contributed by atoms with Crippen LogP contribution in [0.2, 0.25) is 0 Å². The normalized spacial score (nSPS) is 31.2. The zero-order valence-corrected chi connectivity index (χ0v) is 8.76. The molecule has 1 rings (SSSR count). The van der Waals surface area contributed by atoms with Crippen molar-refractivity contribution in [3.63, 3.8) is 0 Å². The second-order valence-corrected chi connectivity index (χ2v) is 2.98. The number of ether oxygens (including phenoxy) is 2. The van der Waals surface area contributed by atoms with Gasteiger partial charge in [-0.3, -0.25) is 4.90 Å². The van der Waals surface area contributed by atoms with E-state index in [2.05, 4.69) is 4.90 Å². The molecule has 1 saturated heterocycles. The molecule has 1 fully saturated rings. The molecule has 0 radical (unpaired) electrons. The monoisotopic (exact) mass is 195 g/mol. The van der Waals surface area contributed by atoms with Crippen LogP contribution in [0, 0.1) is 0 Å². The minimum atomic E-state index is 0. The van der Waals surface area contributed by atoms with Crippen LogP contribution < -0.4 is 0 Å². The Balaban J connectivity index is 0.00000121. The van der Waals surface area contributed by atoms with Crippen molar-refractivity contribution in [1.82, 2.24) is 4.90 Å². The third-order valence-electron chi connectivity index (χ3n) is 2.35. The number of likely N-dealkylation sites (tertiary alicyclic amines) is 1. The number of nitrogens with zero attached hydrogens (tertiary/aromatic N) is 1. The molecule has 4 heteroatoms. The molecular formula is C8H18ClNO2. The quantitative estimate of drug-likeness (QED) is 0.666. The van der Waals surface area contributed by atoms with Gasteiger partial charge in [-0.2, -0.15) is 0 Å². The Bertz CT molecular complexity index is 112. The van der Waals surface area contributed by atoms with Crippen molar-refractivity contribution >= 4 is 12.4 Å². The van der Waals surface area contributed by atoms with Crippen LogP contribution in [0.3, 0.4) is 0 Å². The number of rotatable bonds is 2. The fourth-order valence-electron chi connectivity index (χ4n) is 1.63. The molecule has 0 aromatic carbocycles. The molecule has 0 aromatic heterocycles. The SMILES string of the molecule is CO[C@H]1CCC[C@@H](OC)N1C.Cl. The minimum Gasteiger partial charge on any atom is -0.366 e. The van der Waals surface area contributed by atoms with Crippen molar-refractivity contribution < 1.29 is 9.47 Å². The van der Waals surface area contributed by atoms with Crippen molar-refractivity contribution in [1.29, 1.82) is 0 Å². The van der Waals surface area contributed by atoms with Gasteiger partial charge >= 0.3 is 0 Å². The van der Waals surface area contributed by atoms with Gasteiger partial charge in [-0.15, -0.1) is 12.4 Å². The van der Waals surface area contributed by atoms with Gasteiger partial charge in [0, 0.05) is 14.2 Å². The lowest BCUT2D eigenvalue weighted by molar-refractivity contribution is -0.145. The van der Waals surface area contributed by atoms with Gasteiger partial charge in [0.1, 0.15) is 12.5 Å². The Morgan fingerprint density at radius 1 is 1.08 bits per heavy atom. The highest BCUT2D eigenvalue weighted by Crippen LogP contribution is 2.21. The molecule has 0 amide bonds. The van der Waals surface area contributed by atoms with Crippen LogP contribution in [-0.4, -0.2) is 38.6 Å². The van der Waals surface area contributed by atoms with Crippen molar-refractivity contribution in [2.24, 2.45) is 0 Å². The number of hydrogen-bond donors (Lipinski definition) is 0. The Morgan fingerprint density at radius 3 is 1.83 bits per heavy atom. The lowest BCUT2D eigenvalue weighted by Gasteiger charge is -2.37. The fourth-order valence-corrected chi connectivity index (χ4v) is 1.63. The van der Waals surface area contributed by atoms with Crippen molar-refractivity contribution in [3.8, 4) is 0 Å². The minimum absolute atomic E-state index is 0. The van der Waals surface area contributed by atoms with E-state index in [4.69, 9.17) is 9.47 Å². The molecule has 0 aromatic rings.